The molecule has 0 spiro atoms. The fourth-order valence-corrected chi connectivity index (χ4v) is 2.41. The molecule has 0 bridgehead atoms. The fourth-order valence-electron chi connectivity index (χ4n) is 2.41. The maximum atomic E-state index is 12.3. The highest BCUT2D eigenvalue weighted by atomic mass is 16.3. The standard InChI is InChI=1S/C16H24N4O2/c1-5-6-13(21)9-17-16(22)14-7-12-8-18-20(10(2)3)15(12)19-11(14)4/h7-8,10,13,21H,5-6,9H2,1-4H3,(H,17,22). The van der Waals surface area contributed by atoms with Crippen molar-refractivity contribution in [3.63, 3.8) is 0 Å². The highest BCUT2D eigenvalue weighted by Crippen LogP contribution is 2.19. The molecule has 0 aliphatic carbocycles. The molecule has 0 aliphatic heterocycles. The Bertz CT molecular complexity index is 663. The van der Waals surface area contributed by atoms with Gasteiger partial charge in [-0.1, -0.05) is 13.3 Å². The monoisotopic (exact) mass is 304 g/mol. The van der Waals surface area contributed by atoms with Gasteiger partial charge in [-0.25, -0.2) is 9.67 Å². The van der Waals surface area contributed by atoms with E-state index in [1.54, 1.807) is 6.20 Å². The van der Waals surface area contributed by atoms with Crippen molar-refractivity contribution in [1.29, 1.82) is 0 Å². The number of hydrogen-bond acceptors (Lipinski definition) is 4. The van der Waals surface area contributed by atoms with E-state index in [0.29, 0.717) is 17.7 Å². The minimum atomic E-state index is -0.505. The molecule has 2 rings (SSSR count). The van der Waals surface area contributed by atoms with Gasteiger partial charge in [0.25, 0.3) is 5.91 Å². The fraction of sp³-hybridized carbons (Fsp3) is 0.562. The molecule has 6 heteroatoms. The molecule has 2 aromatic rings. The number of amides is 1. The summed E-state index contributed by atoms with van der Waals surface area (Å²) < 4.78 is 1.84. The number of pyridine rings is 1. The molecule has 0 saturated heterocycles. The van der Waals surface area contributed by atoms with Crippen LogP contribution in [0.1, 0.15) is 55.7 Å². The summed E-state index contributed by atoms with van der Waals surface area (Å²) in [5, 5.41) is 17.6. The van der Waals surface area contributed by atoms with E-state index in [9.17, 15) is 9.90 Å². The van der Waals surface area contributed by atoms with Gasteiger partial charge in [0.05, 0.1) is 23.6 Å². The minimum Gasteiger partial charge on any atom is -0.391 e. The number of aromatic nitrogens is 3. The van der Waals surface area contributed by atoms with Gasteiger partial charge in [0.1, 0.15) is 0 Å². The maximum Gasteiger partial charge on any atom is 0.253 e. The van der Waals surface area contributed by atoms with Crippen LogP contribution in [0.25, 0.3) is 11.0 Å². The Morgan fingerprint density at radius 3 is 2.82 bits per heavy atom. The Labute approximate surface area is 130 Å². The molecule has 0 fully saturated rings. The number of aliphatic hydroxyl groups excluding tert-OH is 1. The van der Waals surface area contributed by atoms with Crippen LogP contribution >= 0.6 is 0 Å². The molecule has 0 aliphatic rings. The normalized spacial score (nSPS) is 12.8. The first kappa shape index (κ1) is 16.4. The number of fused-ring (bicyclic) bond motifs is 1. The SMILES string of the molecule is CCCC(O)CNC(=O)c1cc2cnn(C(C)C)c2nc1C. The first-order chi connectivity index (χ1) is 10.4. The molecule has 120 valence electrons. The third kappa shape index (κ3) is 3.44. The van der Waals surface area contributed by atoms with Gasteiger partial charge in [-0.15, -0.1) is 0 Å². The summed E-state index contributed by atoms with van der Waals surface area (Å²) in [6.07, 6.45) is 2.79. The predicted octanol–water partition coefficient (Wildman–Crippen LogP) is 2.21. The van der Waals surface area contributed by atoms with E-state index in [1.807, 2.05) is 38.4 Å². The minimum absolute atomic E-state index is 0.209. The van der Waals surface area contributed by atoms with Crippen molar-refractivity contribution >= 4 is 16.9 Å². The largest absolute Gasteiger partial charge is 0.391 e. The molecule has 0 aromatic carbocycles. The number of aliphatic hydroxyl groups is 1. The van der Waals surface area contributed by atoms with Crippen LogP contribution in [-0.4, -0.2) is 38.4 Å². The zero-order valence-corrected chi connectivity index (χ0v) is 13.6. The molecule has 1 amide bonds. The Morgan fingerprint density at radius 2 is 2.18 bits per heavy atom. The molecule has 2 heterocycles. The van der Waals surface area contributed by atoms with Crippen LogP contribution in [-0.2, 0) is 0 Å². The second-order valence-corrected chi connectivity index (χ2v) is 5.87. The number of carbonyl (C=O) groups is 1. The van der Waals surface area contributed by atoms with Gasteiger partial charge in [-0.2, -0.15) is 5.10 Å². The van der Waals surface area contributed by atoms with Crippen LogP contribution in [0.2, 0.25) is 0 Å². The van der Waals surface area contributed by atoms with E-state index in [-0.39, 0.29) is 18.5 Å². The molecule has 1 atom stereocenters. The highest BCUT2D eigenvalue weighted by molar-refractivity contribution is 5.98. The second-order valence-electron chi connectivity index (χ2n) is 5.87. The van der Waals surface area contributed by atoms with Crippen LogP contribution in [0.15, 0.2) is 12.3 Å². The first-order valence-corrected chi connectivity index (χ1v) is 7.75. The lowest BCUT2D eigenvalue weighted by atomic mass is 10.1. The van der Waals surface area contributed by atoms with Gasteiger partial charge in [0.15, 0.2) is 5.65 Å². The summed E-state index contributed by atoms with van der Waals surface area (Å²) in [5.41, 5.74) is 1.98. The van der Waals surface area contributed by atoms with Gasteiger partial charge in [0, 0.05) is 18.0 Å². The average Bonchev–Trinajstić information content (AvgIpc) is 2.87. The van der Waals surface area contributed by atoms with Crippen LogP contribution in [0.5, 0.6) is 0 Å². The molecule has 6 nitrogen and oxygen atoms in total. The lowest BCUT2D eigenvalue weighted by Crippen LogP contribution is -2.32. The maximum absolute atomic E-state index is 12.3. The van der Waals surface area contributed by atoms with Crippen molar-refractivity contribution < 1.29 is 9.90 Å². The molecular formula is C16H24N4O2. The van der Waals surface area contributed by atoms with E-state index in [0.717, 1.165) is 17.5 Å². The summed E-state index contributed by atoms with van der Waals surface area (Å²) in [5.74, 6) is -0.209. The summed E-state index contributed by atoms with van der Waals surface area (Å²) >= 11 is 0. The van der Waals surface area contributed by atoms with Crippen molar-refractivity contribution in [1.82, 2.24) is 20.1 Å². The highest BCUT2D eigenvalue weighted by Gasteiger charge is 2.15. The Balaban J connectivity index is 2.21. The van der Waals surface area contributed by atoms with Crippen LogP contribution < -0.4 is 5.32 Å². The quantitative estimate of drug-likeness (QED) is 0.857. The van der Waals surface area contributed by atoms with Gasteiger partial charge >= 0.3 is 0 Å². The van der Waals surface area contributed by atoms with Crippen LogP contribution in [0.4, 0.5) is 0 Å². The van der Waals surface area contributed by atoms with Crippen molar-refractivity contribution in [3.05, 3.63) is 23.5 Å². The molecule has 0 saturated carbocycles. The van der Waals surface area contributed by atoms with Crippen molar-refractivity contribution in [3.8, 4) is 0 Å². The number of nitrogens with one attached hydrogen (secondary N) is 1. The molecule has 2 aromatic heterocycles. The average molecular weight is 304 g/mol. The first-order valence-electron chi connectivity index (χ1n) is 7.75. The number of carbonyl (C=O) groups excluding carboxylic acids is 1. The third-order valence-corrected chi connectivity index (χ3v) is 3.61. The lowest BCUT2D eigenvalue weighted by Gasteiger charge is -2.12. The van der Waals surface area contributed by atoms with Crippen molar-refractivity contribution in [2.45, 2.75) is 52.7 Å². The van der Waals surface area contributed by atoms with Gasteiger partial charge in [0.2, 0.25) is 0 Å². The van der Waals surface area contributed by atoms with E-state index < -0.39 is 6.10 Å². The van der Waals surface area contributed by atoms with Crippen LogP contribution in [0.3, 0.4) is 0 Å². The van der Waals surface area contributed by atoms with Crippen LogP contribution in [0, 0.1) is 6.92 Å². The van der Waals surface area contributed by atoms with E-state index in [1.165, 1.54) is 0 Å². The molecule has 22 heavy (non-hydrogen) atoms. The molecule has 1 unspecified atom stereocenters. The van der Waals surface area contributed by atoms with Gasteiger partial charge < -0.3 is 10.4 Å². The smallest absolute Gasteiger partial charge is 0.253 e. The Morgan fingerprint density at radius 1 is 1.45 bits per heavy atom. The van der Waals surface area contributed by atoms with Gasteiger partial charge in [-0.05, 0) is 33.3 Å². The number of nitrogens with zero attached hydrogens (tertiary/aromatic N) is 3. The van der Waals surface area contributed by atoms with E-state index >= 15 is 0 Å². The van der Waals surface area contributed by atoms with Gasteiger partial charge in [-0.3, -0.25) is 4.79 Å². The third-order valence-electron chi connectivity index (χ3n) is 3.61. The summed E-state index contributed by atoms with van der Waals surface area (Å²) in [6.45, 7) is 8.15. The topological polar surface area (TPSA) is 80.0 Å². The zero-order valence-electron chi connectivity index (χ0n) is 13.6. The van der Waals surface area contributed by atoms with E-state index in [2.05, 4.69) is 15.4 Å². The predicted molar refractivity (Wildman–Crippen MR) is 85.9 cm³/mol. The molecular weight excluding hydrogens is 280 g/mol. The summed E-state index contributed by atoms with van der Waals surface area (Å²) in [4.78, 5) is 16.8. The van der Waals surface area contributed by atoms with Crippen molar-refractivity contribution in [2.75, 3.05) is 6.54 Å². The molecule has 2 N–H and O–H groups in total. The number of rotatable bonds is 6. The zero-order chi connectivity index (χ0) is 16.3. The second kappa shape index (κ2) is 6.87. The van der Waals surface area contributed by atoms with Crippen molar-refractivity contribution in [2.24, 2.45) is 0 Å². The van der Waals surface area contributed by atoms with E-state index in [4.69, 9.17) is 0 Å². The lowest BCUT2D eigenvalue weighted by molar-refractivity contribution is 0.0909. The number of hydrogen-bond donors (Lipinski definition) is 2. The summed E-state index contributed by atoms with van der Waals surface area (Å²) in [7, 11) is 0. The molecule has 0 radical (unpaired) electrons. The Hall–Kier alpha value is -1.95. The summed E-state index contributed by atoms with van der Waals surface area (Å²) in [6, 6.07) is 2.03. The number of aryl methyl sites for hydroxylation is 1. The Kier molecular flexibility index (Phi) is 5.13.